The summed E-state index contributed by atoms with van der Waals surface area (Å²) in [4.78, 5) is 13.9. The smallest absolute Gasteiger partial charge is 0.229 e. The van der Waals surface area contributed by atoms with E-state index in [2.05, 4.69) is 27.0 Å². The second kappa shape index (κ2) is 10.6. The predicted octanol–water partition coefficient (Wildman–Crippen LogP) is 5.23. The van der Waals surface area contributed by atoms with Crippen LogP contribution in [0.2, 0.25) is 0 Å². The molecule has 1 aliphatic heterocycles. The molecule has 0 bridgehead atoms. The van der Waals surface area contributed by atoms with E-state index in [1.54, 1.807) is 12.3 Å². The van der Waals surface area contributed by atoms with Gasteiger partial charge in [0.15, 0.2) is 0 Å². The van der Waals surface area contributed by atoms with Gasteiger partial charge in [-0.2, -0.15) is 4.98 Å². The molecule has 0 saturated carbocycles. The number of hydrogen-bond donors (Lipinski definition) is 1. The summed E-state index contributed by atoms with van der Waals surface area (Å²) < 4.78 is 22.7. The van der Waals surface area contributed by atoms with E-state index in [-0.39, 0.29) is 11.9 Å². The molecule has 0 spiro atoms. The highest BCUT2D eigenvalue weighted by atomic mass is 19.1. The van der Waals surface area contributed by atoms with Gasteiger partial charge in [-0.15, -0.1) is 0 Å². The Balaban J connectivity index is 1.32. The van der Waals surface area contributed by atoms with Gasteiger partial charge in [0.1, 0.15) is 17.2 Å². The van der Waals surface area contributed by atoms with Crippen molar-refractivity contribution in [2.75, 3.05) is 38.0 Å². The summed E-state index contributed by atoms with van der Waals surface area (Å²) in [7, 11) is 0. The van der Waals surface area contributed by atoms with Gasteiger partial charge < -0.3 is 19.5 Å². The van der Waals surface area contributed by atoms with Crippen LogP contribution in [0.1, 0.15) is 26.3 Å². The maximum Gasteiger partial charge on any atom is 0.229 e. The molecule has 0 atom stereocenters. The first-order valence-corrected chi connectivity index (χ1v) is 12.6. The molecule has 7 nitrogen and oxygen atoms in total. The highest BCUT2D eigenvalue weighted by Gasteiger charge is 2.17. The largest absolute Gasteiger partial charge is 0.491 e. The second-order valence-electron chi connectivity index (χ2n) is 9.46. The SMILES string of the molecule is CCN1CCN(Cc2ccc(-n3ccc4cnc(Nc5ccc(OC(C)C)cc5)nc43)cc2F)CC1. The number of halogens is 1. The van der Waals surface area contributed by atoms with Crippen molar-refractivity contribution in [2.45, 2.75) is 33.4 Å². The number of ether oxygens (including phenoxy) is 1. The quantitative estimate of drug-likeness (QED) is 0.367. The van der Waals surface area contributed by atoms with Gasteiger partial charge in [-0.25, -0.2) is 9.37 Å². The molecule has 1 N–H and O–H groups in total. The Kier molecular flexibility index (Phi) is 7.16. The Labute approximate surface area is 211 Å². The zero-order valence-electron chi connectivity index (χ0n) is 21.1. The van der Waals surface area contributed by atoms with E-state index >= 15 is 4.39 Å². The van der Waals surface area contributed by atoms with Crippen LogP contribution in [0.15, 0.2) is 60.9 Å². The Morgan fingerprint density at radius 1 is 1.00 bits per heavy atom. The summed E-state index contributed by atoms with van der Waals surface area (Å²) in [6.45, 7) is 11.9. The lowest BCUT2D eigenvalue weighted by atomic mass is 10.1. The standard InChI is InChI=1S/C28H33FN6O/c1-4-33-13-15-34(16-14-33)19-22-5-8-24(17-26(22)29)35-12-11-21-18-30-28(32-27(21)35)31-23-6-9-25(10-7-23)36-20(2)3/h5-12,17-18,20H,4,13-16,19H2,1-3H3,(H,30,31,32). The van der Waals surface area contributed by atoms with E-state index < -0.39 is 0 Å². The molecule has 8 heteroatoms. The van der Waals surface area contributed by atoms with E-state index in [4.69, 9.17) is 9.72 Å². The zero-order valence-corrected chi connectivity index (χ0v) is 21.1. The van der Waals surface area contributed by atoms with Crippen LogP contribution in [-0.4, -0.2) is 63.2 Å². The summed E-state index contributed by atoms with van der Waals surface area (Å²) in [5.74, 6) is 1.10. The average Bonchev–Trinajstić information content (AvgIpc) is 3.30. The fourth-order valence-corrected chi connectivity index (χ4v) is 4.52. The minimum Gasteiger partial charge on any atom is -0.491 e. The second-order valence-corrected chi connectivity index (χ2v) is 9.46. The van der Waals surface area contributed by atoms with Gasteiger partial charge in [0.25, 0.3) is 0 Å². The summed E-state index contributed by atoms with van der Waals surface area (Å²) in [5.41, 5.74) is 3.04. The number of fused-ring (bicyclic) bond motifs is 1. The lowest BCUT2D eigenvalue weighted by Crippen LogP contribution is -2.45. The fraction of sp³-hybridized carbons (Fsp3) is 0.357. The molecule has 36 heavy (non-hydrogen) atoms. The highest BCUT2D eigenvalue weighted by Crippen LogP contribution is 2.24. The summed E-state index contributed by atoms with van der Waals surface area (Å²) in [6.07, 6.45) is 3.80. The number of hydrogen-bond acceptors (Lipinski definition) is 6. The topological polar surface area (TPSA) is 58.5 Å². The molecule has 0 unspecified atom stereocenters. The number of piperazine rings is 1. The van der Waals surface area contributed by atoms with Crippen LogP contribution in [0.4, 0.5) is 16.0 Å². The lowest BCUT2D eigenvalue weighted by Gasteiger charge is -2.34. The zero-order chi connectivity index (χ0) is 25.1. The molecule has 3 heterocycles. The Bertz CT molecular complexity index is 1310. The third kappa shape index (κ3) is 5.50. The van der Waals surface area contributed by atoms with Gasteiger partial charge >= 0.3 is 0 Å². The molecule has 188 valence electrons. The third-order valence-electron chi connectivity index (χ3n) is 6.53. The molecule has 1 fully saturated rings. The van der Waals surface area contributed by atoms with Crippen molar-refractivity contribution in [2.24, 2.45) is 0 Å². The van der Waals surface area contributed by atoms with E-state index in [9.17, 15) is 0 Å². The molecule has 0 radical (unpaired) electrons. The van der Waals surface area contributed by atoms with Crippen molar-refractivity contribution in [3.63, 3.8) is 0 Å². The monoisotopic (exact) mass is 488 g/mol. The minimum atomic E-state index is -0.191. The van der Waals surface area contributed by atoms with Crippen molar-refractivity contribution in [1.82, 2.24) is 24.3 Å². The summed E-state index contributed by atoms with van der Waals surface area (Å²) in [5, 5.41) is 4.13. The number of aromatic nitrogens is 3. The molecular weight excluding hydrogens is 455 g/mol. The van der Waals surface area contributed by atoms with Gasteiger partial charge in [-0.1, -0.05) is 13.0 Å². The van der Waals surface area contributed by atoms with Crippen LogP contribution in [-0.2, 0) is 6.54 Å². The Morgan fingerprint density at radius 3 is 2.44 bits per heavy atom. The van der Waals surface area contributed by atoms with E-state index in [0.29, 0.717) is 12.5 Å². The molecule has 1 saturated heterocycles. The predicted molar refractivity (Wildman–Crippen MR) is 142 cm³/mol. The van der Waals surface area contributed by atoms with Crippen LogP contribution in [0, 0.1) is 5.82 Å². The fourth-order valence-electron chi connectivity index (χ4n) is 4.52. The number of anilines is 2. The van der Waals surface area contributed by atoms with Crippen molar-refractivity contribution in [3.05, 3.63) is 72.3 Å². The molecule has 2 aromatic carbocycles. The first kappa shape index (κ1) is 24.2. The molecule has 0 aliphatic carbocycles. The Morgan fingerprint density at radius 2 is 1.75 bits per heavy atom. The van der Waals surface area contributed by atoms with Gasteiger partial charge in [-0.3, -0.25) is 4.90 Å². The van der Waals surface area contributed by atoms with Crippen molar-refractivity contribution < 1.29 is 9.13 Å². The van der Waals surface area contributed by atoms with E-state index in [1.807, 2.05) is 67.1 Å². The van der Waals surface area contributed by atoms with Gasteiger partial charge in [0, 0.05) is 67.4 Å². The van der Waals surface area contributed by atoms with Crippen molar-refractivity contribution in [3.8, 4) is 11.4 Å². The minimum absolute atomic E-state index is 0.123. The average molecular weight is 489 g/mol. The summed E-state index contributed by atoms with van der Waals surface area (Å²) >= 11 is 0. The third-order valence-corrected chi connectivity index (χ3v) is 6.53. The van der Waals surface area contributed by atoms with Crippen molar-refractivity contribution >= 4 is 22.7 Å². The maximum atomic E-state index is 15.1. The lowest BCUT2D eigenvalue weighted by molar-refractivity contribution is 0.131. The van der Waals surface area contributed by atoms with Gasteiger partial charge in [0.05, 0.1) is 6.10 Å². The number of rotatable bonds is 8. The molecule has 0 amide bonds. The number of benzene rings is 2. The number of likely N-dealkylation sites (N-methyl/N-ethyl adjacent to an activating group) is 1. The van der Waals surface area contributed by atoms with Crippen LogP contribution in [0.5, 0.6) is 5.75 Å². The van der Waals surface area contributed by atoms with E-state index in [0.717, 1.165) is 66.4 Å². The molecule has 5 rings (SSSR count). The van der Waals surface area contributed by atoms with E-state index in [1.165, 1.54) is 0 Å². The first-order valence-electron chi connectivity index (χ1n) is 12.6. The van der Waals surface area contributed by atoms with Gasteiger partial charge in [0.2, 0.25) is 5.95 Å². The number of nitrogens with zero attached hydrogens (tertiary/aromatic N) is 5. The summed E-state index contributed by atoms with van der Waals surface area (Å²) in [6, 6.07) is 15.1. The van der Waals surface area contributed by atoms with Crippen molar-refractivity contribution in [1.29, 1.82) is 0 Å². The Hall–Kier alpha value is -3.49. The maximum absolute atomic E-state index is 15.1. The molecule has 2 aromatic heterocycles. The highest BCUT2D eigenvalue weighted by molar-refractivity contribution is 5.78. The number of nitrogens with one attached hydrogen (secondary N) is 1. The van der Waals surface area contributed by atoms with Crippen LogP contribution in [0.3, 0.4) is 0 Å². The molecule has 1 aliphatic rings. The van der Waals surface area contributed by atoms with Gasteiger partial charge in [-0.05, 0) is 62.9 Å². The van der Waals surface area contributed by atoms with Crippen LogP contribution in [0.25, 0.3) is 16.7 Å². The first-order chi connectivity index (χ1) is 17.5. The normalized spacial score (nSPS) is 15.0. The van der Waals surface area contributed by atoms with Crippen LogP contribution < -0.4 is 10.1 Å². The van der Waals surface area contributed by atoms with Crippen LogP contribution >= 0.6 is 0 Å². The molecule has 4 aromatic rings. The molecular formula is C28H33FN6O.